The van der Waals surface area contributed by atoms with Crippen LogP contribution in [0.5, 0.6) is 5.75 Å². The number of benzene rings is 2. The number of nitrogen functional groups attached to an aromatic ring is 1. The first kappa shape index (κ1) is 13.5. The molecule has 0 aliphatic heterocycles. The van der Waals surface area contributed by atoms with E-state index in [0.717, 1.165) is 12.0 Å². The fourth-order valence-electron chi connectivity index (χ4n) is 2.71. The molecule has 2 aromatic rings. The third-order valence-electron chi connectivity index (χ3n) is 3.82. The van der Waals surface area contributed by atoms with E-state index >= 15 is 0 Å². The minimum atomic E-state index is -1.03. The number of nitrogens with two attached hydrogens (primary N) is 1. The van der Waals surface area contributed by atoms with Crippen molar-refractivity contribution in [1.29, 1.82) is 0 Å². The predicted octanol–water partition coefficient (Wildman–Crippen LogP) is 3.03. The number of carboxylic acid groups (broad SMARTS) is 1. The van der Waals surface area contributed by atoms with E-state index in [0.29, 0.717) is 12.4 Å². The van der Waals surface area contributed by atoms with Gasteiger partial charge in [0.15, 0.2) is 0 Å². The van der Waals surface area contributed by atoms with Gasteiger partial charge >= 0.3 is 5.97 Å². The zero-order valence-electron chi connectivity index (χ0n) is 11.6. The lowest BCUT2D eigenvalue weighted by atomic mass is 10.1. The van der Waals surface area contributed by atoms with Crippen molar-refractivity contribution < 1.29 is 14.6 Å². The van der Waals surface area contributed by atoms with Gasteiger partial charge < -0.3 is 15.6 Å². The van der Waals surface area contributed by atoms with Crippen LogP contribution in [0.15, 0.2) is 36.4 Å². The van der Waals surface area contributed by atoms with E-state index in [2.05, 4.69) is 18.2 Å². The van der Waals surface area contributed by atoms with Gasteiger partial charge in [-0.15, -0.1) is 0 Å². The fourth-order valence-corrected chi connectivity index (χ4v) is 2.71. The van der Waals surface area contributed by atoms with Gasteiger partial charge in [0.1, 0.15) is 12.4 Å². The Labute approximate surface area is 123 Å². The molecule has 0 saturated heterocycles. The molecule has 1 aliphatic carbocycles. The SMILES string of the molecule is Nc1cc(OCc2ccc3c(c2)CCC3)ccc1C(=O)O. The molecule has 0 aromatic heterocycles. The summed E-state index contributed by atoms with van der Waals surface area (Å²) in [6.45, 7) is 0.457. The van der Waals surface area contributed by atoms with Gasteiger partial charge in [-0.05, 0) is 48.1 Å². The summed E-state index contributed by atoms with van der Waals surface area (Å²) in [7, 11) is 0. The van der Waals surface area contributed by atoms with Crippen molar-refractivity contribution in [1.82, 2.24) is 0 Å². The Morgan fingerprint density at radius 1 is 1.14 bits per heavy atom. The number of fused-ring (bicyclic) bond motifs is 1. The van der Waals surface area contributed by atoms with Gasteiger partial charge in [-0.25, -0.2) is 4.79 Å². The van der Waals surface area contributed by atoms with Gasteiger partial charge in [0.25, 0.3) is 0 Å². The van der Waals surface area contributed by atoms with Crippen molar-refractivity contribution in [3.05, 3.63) is 58.7 Å². The normalized spacial score (nSPS) is 13.0. The summed E-state index contributed by atoms with van der Waals surface area (Å²) in [4.78, 5) is 10.9. The first-order valence-electron chi connectivity index (χ1n) is 7.00. The second kappa shape index (κ2) is 5.48. The summed E-state index contributed by atoms with van der Waals surface area (Å²) in [6, 6.07) is 11.1. The Hall–Kier alpha value is -2.49. The van der Waals surface area contributed by atoms with Crippen LogP contribution in [-0.2, 0) is 19.4 Å². The molecule has 4 heteroatoms. The minimum absolute atomic E-state index is 0.0971. The molecule has 3 rings (SSSR count). The minimum Gasteiger partial charge on any atom is -0.489 e. The average molecular weight is 283 g/mol. The van der Waals surface area contributed by atoms with Gasteiger partial charge in [0.2, 0.25) is 0 Å². The quantitative estimate of drug-likeness (QED) is 0.846. The number of hydrogen-bond acceptors (Lipinski definition) is 3. The summed E-state index contributed by atoms with van der Waals surface area (Å²) < 4.78 is 5.69. The molecule has 0 fully saturated rings. The van der Waals surface area contributed by atoms with Crippen LogP contribution < -0.4 is 10.5 Å². The van der Waals surface area contributed by atoms with Crippen LogP contribution in [0.3, 0.4) is 0 Å². The topological polar surface area (TPSA) is 72.5 Å². The molecular weight excluding hydrogens is 266 g/mol. The number of carboxylic acids is 1. The van der Waals surface area contributed by atoms with Crippen LogP contribution in [0.2, 0.25) is 0 Å². The molecule has 21 heavy (non-hydrogen) atoms. The highest BCUT2D eigenvalue weighted by atomic mass is 16.5. The van der Waals surface area contributed by atoms with Crippen LogP contribution in [0.25, 0.3) is 0 Å². The standard InChI is InChI=1S/C17H17NO3/c18-16-9-14(6-7-15(16)17(19)20)21-10-11-4-5-12-2-1-3-13(12)8-11/h4-9H,1-3,10,18H2,(H,19,20). The number of anilines is 1. The van der Waals surface area contributed by atoms with E-state index in [1.54, 1.807) is 12.1 Å². The number of hydrogen-bond donors (Lipinski definition) is 2. The van der Waals surface area contributed by atoms with E-state index in [-0.39, 0.29) is 11.3 Å². The molecule has 3 N–H and O–H groups in total. The van der Waals surface area contributed by atoms with Crippen LogP contribution >= 0.6 is 0 Å². The maximum atomic E-state index is 10.9. The van der Waals surface area contributed by atoms with Gasteiger partial charge in [0, 0.05) is 11.8 Å². The number of aromatic carboxylic acids is 1. The van der Waals surface area contributed by atoms with Gasteiger partial charge in [-0.1, -0.05) is 18.2 Å². The summed E-state index contributed by atoms with van der Waals surface area (Å²) in [5.74, 6) is -0.448. The summed E-state index contributed by atoms with van der Waals surface area (Å²) >= 11 is 0. The van der Waals surface area contributed by atoms with Crippen molar-refractivity contribution in [3.63, 3.8) is 0 Å². The van der Waals surface area contributed by atoms with E-state index in [1.807, 2.05) is 0 Å². The summed E-state index contributed by atoms with van der Waals surface area (Å²) in [6.07, 6.45) is 3.54. The molecule has 0 amide bonds. The number of ether oxygens (including phenoxy) is 1. The maximum absolute atomic E-state index is 10.9. The number of carbonyl (C=O) groups is 1. The summed E-state index contributed by atoms with van der Waals surface area (Å²) in [5.41, 5.74) is 9.99. The van der Waals surface area contributed by atoms with Crippen LogP contribution in [0, 0.1) is 0 Å². The molecular formula is C17H17NO3. The largest absolute Gasteiger partial charge is 0.489 e. The van der Waals surface area contributed by atoms with Gasteiger partial charge in [-0.2, -0.15) is 0 Å². The van der Waals surface area contributed by atoms with Crippen molar-refractivity contribution >= 4 is 11.7 Å². The summed E-state index contributed by atoms with van der Waals surface area (Å²) in [5, 5.41) is 8.93. The third kappa shape index (κ3) is 2.84. The lowest BCUT2D eigenvalue weighted by molar-refractivity contribution is 0.0698. The maximum Gasteiger partial charge on any atom is 0.337 e. The number of aryl methyl sites for hydroxylation is 2. The first-order valence-corrected chi connectivity index (χ1v) is 7.00. The molecule has 0 spiro atoms. The van der Waals surface area contributed by atoms with Gasteiger partial charge in [-0.3, -0.25) is 0 Å². The Bertz CT molecular complexity index is 694. The second-order valence-electron chi connectivity index (χ2n) is 5.30. The van der Waals surface area contributed by atoms with Crippen LogP contribution in [0.1, 0.15) is 33.5 Å². The molecule has 0 saturated carbocycles. The van der Waals surface area contributed by atoms with Crippen LogP contribution in [-0.4, -0.2) is 11.1 Å². The Balaban J connectivity index is 1.70. The smallest absolute Gasteiger partial charge is 0.337 e. The highest BCUT2D eigenvalue weighted by Crippen LogP contribution is 2.24. The van der Waals surface area contributed by atoms with Crippen molar-refractivity contribution in [3.8, 4) is 5.75 Å². The Morgan fingerprint density at radius 3 is 2.71 bits per heavy atom. The van der Waals surface area contributed by atoms with E-state index in [4.69, 9.17) is 15.6 Å². The van der Waals surface area contributed by atoms with Crippen molar-refractivity contribution in [2.45, 2.75) is 25.9 Å². The van der Waals surface area contributed by atoms with Crippen molar-refractivity contribution in [2.75, 3.05) is 5.73 Å². The van der Waals surface area contributed by atoms with Crippen LogP contribution in [0.4, 0.5) is 5.69 Å². The first-order chi connectivity index (χ1) is 10.1. The molecule has 1 aliphatic rings. The Morgan fingerprint density at radius 2 is 1.95 bits per heavy atom. The fraction of sp³-hybridized carbons (Fsp3) is 0.235. The van der Waals surface area contributed by atoms with Gasteiger partial charge in [0.05, 0.1) is 5.56 Å². The highest BCUT2D eigenvalue weighted by Gasteiger charge is 2.11. The van der Waals surface area contributed by atoms with E-state index < -0.39 is 5.97 Å². The zero-order valence-corrected chi connectivity index (χ0v) is 11.6. The monoisotopic (exact) mass is 283 g/mol. The molecule has 4 nitrogen and oxygen atoms in total. The second-order valence-corrected chi connectivity index (χ2v) is 5.30. The zero-order chi connectivity index (χ0) is 14.8. The molecule has 0 heterocycles. The lowest BCUT2D eigenvalue weighted by Gasteiger charge is -2.09. The molecule has 0 bridgehead atoms. The van der Waals surface area contributed by atoms with E-state index in [1.165, 1.54) is 30.0 Å². The van der Waals surface area contributed by atoms with Crippen molar-refractivity contribution in [2.24, 2.45) is 0 Å². The van der Waals surface area contributed by atoms with E-state index in [9.17, 15) is 4.79 Å². The Kier molecular flexibility index (Phi) is 3.52. The predicted molar refractivity (Wildman–Crippen MR) is 80.6 cm³/mol. The number of rotatable bonds is 4. The molecule has 108 valence electrons. The molecule has 2 aromatic carbocycles. The average Bonchev–Trinajstić information content (AvgIpc) is 2.92. The molecule has 0 radical (unpaired) electrons. The lowest BCUT2D eigenvalue weighted by Crippen LogP contribution is -2.03. The third-order valence-corrected chi connectivity index (χ3v) is 3.82. The highest BCUT2D eigenvalue weighted by molar-refractivity contribution is 5.93. The molecule has 0 unspecified atom stereocenters. The molecule has 0 atom stereocenters.